The van der Waals surface area contributed by atoms with Crippen molar-refractivity contribution in [2.45, 2.75) is 146 Å². The summed E-state index contributed by atoms with van der Waals surface area (Å²) in [5.74, 6) is -11.6. The minimum atomic E-state index is -1.71. The Morgan fingerprint density at radius 2 is 1.13 bits per heavy atom. The highest BCUT2D eigenvalue weighted by Crippen LogP contribution is 2.29. The average Bonchev–Trinajstić information content (AvgIpc) is 1.78. The van der Waals surface area contributed by atoms with Crippen LogP contribution in [0.15, 0.2) is 76.6 Å². The molecule has 9 atom stereocenters. The Morgan fingerprint density at radius 3 is 1.73 bits per heavy atom. The maximum atomic E-state index is 14.9. The van der Waals surface area contributed by atoms with Crippen LogP contribution in [-0.4, -0.2) is 199 Å². The van der Waals surface area contributed by atoms with Gasteiger partial charge in [-0.15, -0.1) is 0 Å². The molecule has 1 aromatic heterocycles. The zero-order valence-electron chi connectivity index (χ0n) is 50.6. The van der Waals surface area contributed by atoms with E-state index < -0.39 is 150 Å². The van der Waals surface area contributed by atoms with Crippen molar-refractivity contribution in [3.05, 3.63) is 93.9 Å². The molecule has 0 saturated carbocycles. The molecule has 6 rings (SSSR count). The number of carbonyl (C=O) groups is 11. The normalized spacial score (nSPS) is 18.3. The summed E-state index contributed by atoms with van der Waals surface area (Å²) in [7, 11) is 0. The maximum absolute atomic E-state index is 14.9. The number of nitrogens with one attached hydrogen (secondary N) is 8. The summed E-state index contributed by atoms with van der Waals surface area (Å²) in [4.78, 5) is 176. The summed E-state index contributed by atoms with van der Waals surface area (Å²) in [6.45, 7) is 6.21. The molecule has 4 heterocycles. The first-order chi connectivity index (χ1) is 42.8. The maximum Gasteiger partial charge on any atom is 0.328 e. The van der Waals surface area contributed by atoms with Crippen LogP contribution >= 0.6 is 0 Å². The van der Waals surface area contributed by atoms with Gasteiger partial charge >= 0.3 is 5.97 Å². The van der Waals surface area contributed by atoms with Gasteiger partial charge < -0.3 is 88.8 Å². The van der Waals surface area contributed by atoms with Gasteiger partial charge in [0, 0.05) is 45.5 Å². The number of phenolic OH excluding ortho intramolecular Hbond substituents is 2. The van der Waals surface area contributed by atoms with E-state index in [1.807, 2.05) is 13.8 Å². The monoisotopic (exact) mass is 1250 g/mol. The molecule has 3 aromatic rings. The molecule has 3 aliphatic rings. The number of carboxylic acids is 1. The van der Waals surface area contributed by atoms with Gasteiger partial charge in [0.05, 0.1) is 5.56 Å². The molecular formula is C60H82N14O16. The summed E-state index contributed by atoms with van der Waals surface area (Å²) in [6.07, 6.45) is 1.32. The number of amides is 10. The van der Waals surface area contributed by atoms with Gasteiger partial charge in [-0.05, 0) is 106 Å². The van der Waals surface area contributed by atoms with Crippen molar-refractivity contribution in [1.29, 1.82) is 0 Å². The van der Waals surface area contributed by atoms with Crippen molar-refractivity contribution in [2.24, 2.45) is 28.3 Å². The fourth-order valence-electron chi connectivity index (χ4n) is 11.1. The first-order valence-corrected chi connectivity index (χ1v) is 30.0. The number of benzene rings is 2. The van der Waals surface area contributed by atoms with Crippen LogP contribution in [0.3, 0.4) is 0 Å². The van der Waals surface area contributed by atoms with Gasteiger partial charge in [-0.3, -0.25) is 57.7 Å². The highest BCUT2D eigenvalue weighted by molar-refractivity contribution is 6.01. The number of aliphatic carboxylic acids is 1. The van der Waals surface area contributed by atoms with Crippen LogP contribution in [0.4, 0.5) is 0 Å². The number of aliphatic hydroxyl groups is 1. The molecule has 0 radical (unpaired) electrons. The quantitative estimate of drug-likeness (QED) is 0.0160. The van der Waals surface area contributed by atoms with E-state index in [1.54, 1.807) is 32.0 Å². The number of nitrogens with two attached hydrogens (primary N) is 2. The van der Waals surface area contributed by atoms with Crippen molar-refractivity contribution in [3.63, 3.8) is 0 Å². The summed E-state index contributed by atoms with van der Waals surface area (Å²) in [5, 5.41) is 58.6. The number of aliphatic imine (C=N–C) groups is 1. The molecule has 488 valence electrons. The van der Waals surface area contributed by atoms with Gasteiger partial charge in [0.1, 0.15) is 53.9 Å². The number of hydrogen-bond acceptors (Lipinski definition) is 16. The smallest absolute Gasteiger partial charge is 0.328 e. The summed E-state index contributed by atoms with van der Waals surface area (Å²) in [6, 6.07) is 3.43. The Bertz CT molecular complexity index is 3190. The molecule has 0 aliphatic carbocycles. The lowest BCUT2D eigenvalue weighted by molar-refractivity contribution is -0.149. The predicted molar refractivity (Wildman–Crippen MR) is 323 cm³/mol. The van der Waals surface area contributed by atoms with Crippen LogP contribution in [-0.2, 0) is 43.2 Å². The number of aliphatic hydroxyl groups excluding tert-OH is 1. The fraction of sp³-hybridized carbons (Fsp3) is 0.517. The Labute approximate surface area is 518 Å². The van der Waals surface area contributed by atoms with E-state index in [9.17, 15) is 78.0 Å². The number of carbonyl (C=O) groups excluding carboxylic acids is 10. The van der Waals surface area contributed by atoms with E-state index in [1.165, 1.54) is 57.3 Å². The van der Waals surface area contributed by atoms with E-state index in [0.29, 0.717) is 19.3 Å². The van der Waals surface area contributed by atoms with Gasteiger partial charge in [-0.25, -0.2) is 4.79 Å². The number of para-hydroxylation sites is 1. The highest BCUT2D eigenvalue weighted by Gasteiger charge is 2.46. The van der Waals surface area contributed by atoms with Gasteiger partial charge in [0.15, 0.2) is 23.6 Å². The van der Waals surface area contributed by atoms with Crippen LogP contribution in [0.25, 0.3) is 0 Å². The molecular weight excluding hydrogens is 1170 g/mol. The molecule has 2 aromatic carbocycles. The third-order valence-corrected chi connectivity index (χ3v) is 15.6. The van der Waals surface area contributed by atoms with E-state index in [-0.39, 0.29) is 106 Å². The average molecular weight is 1260 g/mol. The number of pyridine rings is 1. The molecule has 0 bridgehead atoms. The third kappa shape index (κ3) is 18.7. The predicted octanol–water partition coefficient (Wildman–Crippen LogP) is -1.69. The number of aromatic nitrogens is 1. The second-order valence-corrected chi connectivity index (χ2v) is 23.2. The number of rotatable bonds is 29. The molecule has 30 nitrogen and oxygen atoms in total. The summed E-state index contributed by atoms with van der Waals surface area (Å²) in [5.41, 5.74) is 9.78. The lowest BCUT2D eigenvalue weighted by Crippen LogP contribution is -2.61. The second kappa shape index (κ2) is 32.6. The Hall–Kier alpha value is -9.61. The van der Waals surface area contributed by atoms with E-state index >= 15 is 0 Å². The SMILES string of the molecule is CC(C)C[C@H](NC(=O)[C@@H]1CCCN1C(=O)[C@@H]1CCCN1C(=O)[C@H](CC(C)C)NC(=O)[C@H](CNC(=O)C(O)c1ccccc1)NC(=O)[C@H](CCCN=C(N)N)NC(=O)c1ccc[nH]c1=O)C(=O)N1CCC[C@H]1C(=O)N[C@@H](CNC(=O)c1cccc(O)c1O)C(=O)O. The number of H-pyrrole nitrogens is 1. The van der Waals surface area contributed by atoms with Crippen molar-refractivity contribution in [1.82, 2.24) is 56.9 Å². The van der Waals surface area contributed by atoms with Crippen molar-refractivity contribution < 1.29 is 73.2 Å². The lowest BCUT2D eigenvalue weighted by Gasteiger charge is -2.34. The van der Waals surface area contributed by atoms with Crippen LogP contribution in [0, 0.1) is 11.8 Å². The van der Waals surface area contributed by atoms with Gasteiger partial charge in [-0.2, -0.15) is 0 Å². The van der Waals surface area contributed by atoms with Crippen LogP contribution in [0.5, 0.6) is 11.5 Å². The third-order valence-electron chi connectivity index (χ3n) is 15.6. The van der Waals surface area contributed by atoms with Gasteiger partial charge in [0.2, 0.25) is 41.4 Å². The summed E-state index contributed by atoms with van der Waals surface area (Å²) >= 11 is 0. The molecule has 90 heavy (non-hydrogen) atoms. The standard InChI is InChI=1S/C60H82N14O16/c1-32(2)28-38(68-52(82)40(30-66-55(85)46(76)34-14-6-5-7-15-34)70-51(81)37(18-10-24-64-60(61)62)67-50(80)36-17-9-23-63-49(36)79)57(87)74-27-13-21-44(74)58(88)73-26-12-20-43(73)53(83)69-39(29-33(3)4)56(86)72-25-11-19-42(72)54(84)71-41(59(89)90)31-65-48(78)35-16-8-22-45(75)47(35)77/h5-9,14-17,22-23,32-33,37-44,46,75-77H,10-13,18-21,24-31H2,1-4H3,(H,63,79)(H,65,78)(H,66,85)(H,67,80)(H,68,82)(H,69,83)(H,70,81)(H,71,84)(H,89,90)(H4,61,62,64)/t37-,38-,39-,40-,41-,42-,43-,44-,46?/m0/s1. The minimum absolute atomic E-state index is 0.0162. The molecule has 1 unspecified atom stereocenters. The Morgan fingerprint density at radius 1 is 0.600 bits per heavy atom. The van der Waals surface area contributed by atoms with Crippen molar-refractivity contribution in [2.75, 3.05) is 39.3 Å². The number of phenols is 2. The number of aromatic amines is 1. The highest BCUT2D eigenvalue weighted by atomic mass is 16.4. The van der Waals surface area contributed by atoms with E-state index in [0.717, 1.165) is 6.07 Å². The number of hydrogen-bond donors (Lipinski definition) is 14. The zero-order valence-corrected chi connectivity index (χ0v) is 50.6. The zero-order chi connectivity index (χ0) is 65.9. The van der Waals surface area contributed by atoms with Crippen LogP contribution in [0.2, 0.25) is 0 Å². The molecule has 10 amide bonds. The van der Waals surface area contributed by atoms with Crippen LogP contribution < -0.4 is 54.2 Å². The van der Waals surface area contributed by atoms with Crippen molar-refractivity contribution >= 4 is 71.0 Å². The molecule has 30 heteroatoms. The van der Waals surface area contributed by atoms with E-state index in [4.69, 9.17) is 11.5 Å². The number of likely N-dealkylation sites (tertiary alicyclic amines) is 3. The van der Waals surface area contributed by atoms with Crippen LogP contribution in [0.1, 0.15) is 124 Å². The second-order valence-electron chi connectivity index (χ2n) is 23.2. The van der Waals surface area contributed by atoms with Crippen molar-refractivity contribution in [3.8, 4) is 11.5 Å². The van der Waals surface area contributed by atoms with Gasteiger partial charge in [0.25, 0.3) is 23.3 Å². The molecule has 0 spiro atoms. The van der Waals surface area contributed by atoms with E-state index in [2.05, 4.69) is 47.2 Å². The largest absolute Gasteiger partial charge is 0.504 e. The first kappa shape index (κ1) is 69.5. The Kier molecular flexibility index (Phi) is 25.1. The lowest BCUT2D eigenvalue weighted by atomic mass is 10.0. The molecule has 3 aliphatic heterocycles. The molecule has 3 fully saturated rings. The number of aromatic hydroxyl groups is 2. The molecule has 3 saturated heterocycles. The number of carboxylic acid groups (broad SMARTS) is 1. The fourth-order valence-corrected chi connectivity index (χ4v) is 11.1. The topological polar surface area (TPSA) is 460 Å². The minimum Gasteiger partial charge on any atom is -0.504 e. The Balaban J connectivity index is 1.16. The number of guanidine groups is 1. The summed E-state index contributed by atoms with van der Waals surface area (Å²) < 4.78 is 0. The molecule has 16 N–H and O–H groups in total. The van der Waals surface area contributed by atoms with Gasteiger partial charge in [-0.1, -0.05) is 64.1 Å². The first-order valence-electron chi connectivity index (χ1n) is 30.0. The number of nitrogens with zero attached hydrogens (tertiary/aromatic N) is 4.